The average Bonchev–Trinajstić information content (AvgIpc) is 2.75. The van der Waals surface area contributed by atoms with E-state index in [0.29, 0.717) is 5.02 Å². The molecule has 0 saturated carbocycles. The summed E-state index contributed by atoms with van der Waals surface area (Å²) in [6, 6.07) is 5.95. The van der Waals surface area contributed by atoms with Crippen LogP contribution in [0, 0.1) is 0 Å². The molecule has 1 aromatic heterocycles. The van der Waals surface area contributed by atoms with E-state index >= 15 is 0 Å². The van der Waals surface area contributed by atoms with Crippen molar-refractivity contribution in [1.82, 2.24) is 4.98 Å². The zero-order chi connectivity index (χ0) is 11.5. The van der Waals surface area contributed by atoms with Crippen molar-refractivity contribution in [2.75, 3.05) is 5.32 Å². The Hall–Kier alpha value is -0.580. The third kappa shape index (κ3) is 2.75. The van der Waals surface area contributed by atoms with Crippen LogP contribution in [0.2, 0.25) is 5.02 Å². The lowest BCUT2D eigenvalue weighted by Crippen LogP contribution is -2.06. The van der Waals surface area contributed by atoms with Crippen LogP contribution in [0.15, 0.2) is 34.2 Å². The second-order valence-corrected chi connectivity index (χ2v) is 5.61. The Balaban J connectivity index is 2.15. The van der Waals surface area contributed by atoms with Crippen molar-refractivity contribution in [2.45, 2.75) is 13.0 Å². The molecule has 5 heteroatoms. The highest BCUT2D eigenvalue weighted by molar-refractivity contribution is 9.10. The smallest absolute Gasteiger partial charge is 0.115 e. The Bertz CT molecular complexity index is 473. The number of aromatic nitrogens is 1. The van der Waals surface area contributed by atoms with E-state index in [-0.39, 0.29) is 6.04 Å². The molecule has 0 radical (unpaired) electrons. The lowest BCUT2D eigenvalue weighted by molar-refractivity contribution is 0.870. The monoisotopic (exact) mass is 316 g/mol. The predicted molar refractivity (Wildman–Crippen MR) is 73.3 cm³/mol. The maximum atomic E-state index is 6.13. The fourth-order valence-electron chi connectivity index (χ4n) is 1.35. The number of hydrogen-bond donors (Lipinski definition) is 1. The first-order valence-electron chi connectivity index (χ1n) is 4.78. The van der Waals surface area contributed by atoms with Gasteiger partial charge in [0.05, 0.1) is 16.8 Å². The molecule has 0 bridgehead atoms. The Morgan fingerprint density at radius 1 is 1.50 bits per heavy atom. The SMILES string of the molecule is CC(Nc1ccc(Br)cc1Cl)c1nccs1. The summed E-state index contributed by atoms with van der Waals surface area (Å²) in [5.41, 5.74) is 0.924. The summed E-state index contributed by atoms with van der Waals surface area (Å²) in [6.45, 7) is 2.07. The fourth-order valence-corrected chi connectivity index (χ4v) is 2.72. The quantitative estimate of drug-likeness (QED) is 0.885. The first-order valence-corrected chi connectivity index (χ1v) is 6.83. The molecular weight excluding hydrogens is 308 g/mol. The highest BCUT2D eigenvalue weighted by atomic mass is 79.9. The third-order valence-electron chi connectivity index (χ3n) is 2.12. The van der Waals surface area contributed by atoms with E-state index in [9.17, 15) is 0 Å². The molecule has 0 aliphatic heterocycles. The van der Waals surface area contributed by atoms with Gasteiger partial charge < -0.3 is 5.32 Å². The molecule has 84 valence electrons. The Morgan fingerprint density at radius 3 is 2.94 bits per heavy atom. The molecule has 0 spiro atoms. The van der Waals surface area contributed by atoms with Gasteiger partial charge in [-0.25, -0.2) is 4.98 Å². The number of nitrogens with one attached hydrogen (secondary N) is 1. The number of halogens is 2. The zero-order valence-corrected chi connectivity index (χ0v) is 11.7. The molecule has 0 aliphatic rings. The lowest BCUT2D eigenvalue weighted by atomic mass is 10.2. The van der Waals surface area contributed by atoms with Gasteiger partial charge in [0.15, 0.2) is 0 Å². The summed E-state index contributed by atoms with van der Waals surface area (Å²) in [4.78, 5) is 4.26. The number of benzene rings is 1. The third-order valence-corrected chi connectivity index (χ3v) is 3.89. The summed E-state index contributed by atoms with van der Waals surface area (Å²) in [7, 11) is 0. The summed E-state index contributed by atoms with van der Waals surface area (Å²) >= 11 is 11.1. The van der Waals surface area contributed by atoms with Crippen LogP contribution in [-0.2, 0) is 0 Å². The van der Waals surface area contributed by atoms with Crippen molar-refractivity contribution < 1.29 is 0 Å². The van der Waals surface area contributed by atoms with Crippen LogP contribution < -0.4 is 5.32 Å². The van der Waals surface area contributed by atoms with Gasteiger partial charge in [-0.3, -0.25) is 0 Å². The molecule has 1 aromatic carbocycles. The second kappa shape index (κ2) is 5.17. The predicted octanol–water partition coefficient (Wildman–Crippen LogP) is 4.73. The lowest BCUT2D eigenvalue weighted by Gasteiger charge is -2.14. The number of nitrogens with zero attached hydrogens (tertiary/aromatic N) is 1. The standard InChI is InChI=1S/C11H10BrClN2S/c1-7(11-14-4-5-16-11)15-10-3-2-8(12)6-9(10)13/h2-7,15H,1H3. The van der Waals surface area contributed by atoms with Crippen LogP contribution in [0.25, 0.3) is 0 Å². The highest BCUT2D eigenvalue weighted by Crippen LogP contribution is 2.29. The maximum Gasteiger partial charge on any atom is 0.115 e. The molecule has 2 aromatic rings. The normalized spacial score (nSPS) is 12.4. The van der Waals surface area contributed by atoms with Crippen LogP contribution in [0.1, 0.15) is 18.0 Å². The van der Waals surface area contributed by atoms with Gasteiger partial charge in [0.25, 0.3) is 0 Å². The van der Waals surface area contributed by atoms with E-state index in [2.05, 4.69) is 33.2 Å². The highest BCUT2D eigenvalue weighted by Gasteiger charge is 2.09. The van der Waals surface area contributed by atoms with Crippen molar-refractivity contribution in [1.29, 1.82) is 0 Å². The van der Waals surface area contributed by atoms with Gasteiger partial charge in [-0.15, -0.1) is 11.3 Å². The van der Waals surface area contributed by atoms with Crippen LogP contribution in [-0.4, -0.2) is 4.98 Å². The zero-order valence-electron chi connectivity index (χ0n) is 8.58. The first-order chi connectivity index (χ1) is 7.66. The number of thiazole rings is 1. The van der Waals surface area contributed by atoms with Crippen molar-refractivity contribution in [3.05, 3.63) is 44.3 Å². The van der Waals surface area contributed by atoms with Gasteiger partial charge >= 0.3 is 0 Å². The van der Waals surface area contributed by atoms with Crippen LogP contribution in [0.3, 0.4) is 0 Å². The second-order valence-electron chi connectivity index (χ2n) is 3.36. The van der Waals surface area contributed by atoms with Gasteiger partial charge in [-0.1, -0.05) is 27.5 Å². The van der Waals surface area contributed by atoms with E-state index in [1.54, 1.807) is 17.5 Å². The molecule has 2 rings (SSSR count). The van der Waals surface area contributed by atoms with E-state index in [1.807, 2.05) is 23.6 Å². The molecular formula is C11H10BrClN2S. The maximum absolute atomic E-state index is 6.13. The number of hydrogen-bond acceptors (Lipinski definition) is 3. The molecule has 0 amide bonds. The first kappa shape index (κ1) is 11.9. The van der Waals surface area contributed by atoms with Crippen LogP contribution >= 0.6 is 38.9 Å². The topological polar surface area (TPSA) is 24.9 Å². The minimum atomic E-state index is 0.165. The van der Waals surface area contributed by atoms with Gasteiger partial charge in [0, 0.05) is 16.0 Å². The van der Waals surface area contributed by atoms with Crippen molar-refractivity contribution in [2.24, 2.45) is 0 Å². The molecule has 0 aliphatic carbocycles. The van der Waals surface area contributed by atoms with Crippen LogP contribution in [0.4, 0.5) is 5.69 Å². The largest absolute Gasteiger partial charge is 0.375 e. The molecule has 0 saturated heterocycles. The molecule has 1 unspecified atom stereocenters. The molecule has 0 fully saturated rings. The van der Waals surface area contributed by atoms with E-state index < -0.39 is 0 Å². The Morgan fingerprint density at radius 2 is 2.31 bits per heavy atom. The summed E-state index contributed by atoms with van der Waals surface area (Å²) in [5, 5.41) is 7.06. The molecule has 1 N–H and O–H groups in total. The van der Waals surface area contributed by atoms with E-state index in [0.717, 1.165) is 15.2 Å². The molecule has 1 heterocycles. The molecule has 1 atom stereocenters. The van der Waals surface area contributed by atoms with Crippen molar-refractivity contribution in [3.8, 4) is 0 Å². The average molecular weight is 318 g/mol. The summed E-state index contributed by atoms with van der Waals surface area (Å²) in [5.74, 6) is 0. The van der Waals surface area contributed by atoms with Crippen molar-refractivity contribution >= 4 is 44.6 Å². The summed E-state index contributed by atoms with van der Waals surface area (Å²) < 4.78 is 0.977. The van der Waals surface area contributed by atoms with Gasteiger partial charge in [-0.2, -0.15) is 0 Å². The minimum Gasteiger partial charge on any atom is -0.375 e. The Kier molecular flexibility index (Phi) is 3.84. The van der Waals surface area contributed by atoms with Crippen LogP contribution in [0.5, 0.6) is 0 Å². The van der Waals surface area contributed by atoms with Gasteiger partial charge in [0.1, 0.15) is 5.01 Å². The molecule has 2 nitrogen and oxygen atoms in total. The summed E-state index contributed by atoms with van der Waals surface area (Å²) in [6.07, 6.45) is 1.81. The van der Waals surface area contributed by atoms with E-state index in [1.165, 1.54) is 0 Å². The van der Waals surface area contributed by atoms with E-state index in [4.69, 9.17) is 11.6 Å². The van der Waals surface area contributed by atoms with Gasteiger partial charge in [-0.05, 0) is 25.1 Å². The Labute approximate surface area is 112 Å². The molecule has 16 heavy (non-hydrogen) atoms. The minimum absolute atomic E-state index is 0.165. The number of rotatable bonds is 3. The van der Waals surface area contributed by atoms with Crippen molar-refractivity contribution in [3.63, 3.8) is 0 Å². The fraction of sp³-hybridized carbons (Fsp3) is 0.182. The van der Waals surface area contributed by atoms with Gasteiger partial charge in [0.2, 0.25) is 0 Å². The number of anilines is 1.